The van der Waals surface area contributed by atoms with E-state index in [9.17, 15) is 0 Å². The minimum Gasteiger partial charge on any atom is -0.365 e. The van der Waals surface area contributed by atoms with Gasteiger partial charge in [-0.15, -0.1) is 0 Å². The van der Waals surface area contributed by atoms with Gasteiger partial charge in [0.05, 0.1) is 6.04 Å². The van der Waals surface area contributed by atoms with Crippen molar-refractivity contribution in [2.45, 2.75) is 110 Å². The van der Waals surface area contributed by atoms with Gasteiger partial charge in [-0.25, -0.2) is 0 Å². The first-order valence-corrected chi connectivity index (χ1v) is 21.9. The molecule has 278 valence electrons. The quantitative estimate of drug-likeness (QED) is 0.196. The Balaban J connectivity index is 1.05. The van der Waals surface area contributed by atoms with Gasteiger partial charge in [-0.3, -0.25) is 0 Å². The summed E-state index contributed by atoms with van der Waals surface area (Å²) < 4.78 is 0. The van der Waals surface area contributed by atoms with Crippen molar-refractivity contribution in [3.8, 4) is 11.8 Å². The molecular weight excluding hydrogens is 651 g/mol. The lowest BCUT2D eigenvalue weighted by Gasteiger charge is -2.56. The van der Waals surface area contributed by atoms with E-state index in [0.717, 1.165) is 25.2 Å². The second-order valence-electron chi connectivity index (χ2n) is 19.2. The Bertz CT molecular complexity index is 1980. The van der Waals surface area contributed by atoms with Gasteiger partial charge < -0.3 is 4.90 Å². The fourth-order valence-electron chi connectivity index (χ4n) is 13.9. The predicted molar refractivity (Wildman–Crippen MR) is 226 cm³/mol. The molecule has 0 N–H and O–H groups in total. The SMILES string of the molecule is CC1=CCC(C2=CC=C(N(C3C=C4C(=CC3)C3=C(CCC#C3)C4(C)C)C3CCC(C)C(C4(C5C=CC=C5)C5C=CC=CC5[C@@H]5C=CC=CC54)C3)CC2)CC1. The van der Waals surface area contributed by atoms with Gasteiger partial charge in [0, 0.05) is 35.1 Å². The van der Waals surface area contributed by atoms with Crippen LogP contribution in [-0.4, -0.2) is 17.0 Å². The Labute approximate surface area is 326 Å². The van der Waals surface area contributed by atoms with Crippen LogP contribution in [0.25, 0.3) is 0 Å². The zero-order valence-corrected chi connectivity index (χ0v) is 33.3. The van der Waals surface area contributed by atoms with Crippen LogP contribution in [0.15, 0.2) is 142 Å². The lowest BCUT2D eigenvalue weighted by molar-refractivity contribution is -0.0321. The van der Waals surface area contributed by atoms with Crippen LogP contribution in [0.1, 0.15) is 98.3 Å². The molecular formula is C53H61N. The number of allylic oxidation sites excluding steroid dienone is 22. The number of fused-ring (bicyclic) bond motifs is 5. The molecule has 1 nitrogen and oxygen atoms in total. The van der Waals surface area contributed by atoms with Gasteiger partial charge in [-0.2, -0.15) is 0 Å². The van der Waals surface area contributed by atoms with E-state index in [0.29, 0.717) is 53.5 Å². The molecule has 0 saturated heterocycles. The van der Waals surface area contributed by atoms with Gasteiger partial charge >= 0.3 is 0 Å². The number of hydrogen-bond acceptors (Lipinski definition) is 1. The van der Waals surface area contributed by atoms with Crippen molar-refractivity contribution >= 4 is 0 Å². The summed E-state index contributed by atoms with van der Waals surface area (Å²) in [6, 6.07) is 0.922. The molecule has 0 aromatic carbocycles. The van der Waals surface area contributed by atoms with Crippen molar-refractivity contribution in [2.24, 2.45) is 58.2 Å². The molecule has 54 heavy (non-hydrogen) atoms. The molecule has 0 aliphatic heterocycles. The summed E-state index contributed by atoms with van der Waals surface area (Å²) in [4.78, 5) is 3.03. The van der Waals surface area contributed by atoms with Crippen LogP contribution in [0, 0.1) is 70.0 Å². The number of nitrogens with zero attached hydrogens (tertiary/aromatic N) is 1. The Morgan fingerprint density at radius 3 is 2.20 bits per heavy atom. The third-order valence-corrected chi connectivity index (χ3v) is 16.4. The van der Waals surface area contributed by atoms with Crippen LogP contribution in [0.4, 0.5) is 0 Å². The van der Waals surface area contributed by atoms with E-state index in [1.165, 1.54) is 62.5 Å². The van der Waals surface area contributed by atoms with Crippen molar-refractivity contribution in [1.82, 2.24) is 4.90 Å². The molecule has 2 fully saturated rings. The fourth-order valence-corrected chi connectivity index (χ4v) is 13.9. The van der Waals surface area contributed by atoms with E-state index in [1.54, 1.807) is 28.0 Å². The summed E-state index contributed by atoms with van der Waals surface area (Å²) in [6.07, 6.45) is 56.2. The van der Waals surface area contributed by atoms with Gasteiger partial charge in [0.2, 0.25) is 0 Å². The summed E-state index contributed by atoms with van der Waals surface area (Å²) >= 11 is 0. The van der Waals surface area contributed by atoms with Crippen molar-refractivity contribution in [1.29, 1.82) is 0 Å². The average molecular weight is 712 g/mol. The van der Waals surface area contributed by atoms with Crippen molar-refractivity contribution < 1.29 is 0 Å². The third kappa shape index (κ3) is 5.32. The normalized spacial score (nSPS) is 39.8. The van der Waals surface area contributed by atoms with Gasteiger partial charge in [-0.1, -0.05) is 141 Å². The van der Waals surface area contributed by atoms with E-state index in [-0.39, 0.29) is 10.8 Å². The lowest BCUT2D eigenvalue weighted by Crippen LogP contribution is -2.53. The highest BCUT2D eigenvalue weighted by atomic mass is 15.2. The molecule has 0 bridgehead atoms. The third-order valence-electron chi connectivity index (χ3n) is 16.4. The minimum absolute atomic E-state index is 0.0611. The average Bonchev–Trinajstić information content (AvgIpc) is 3.90. The Kier molecular flexibility index (Phi) is 8.66. The van der Waals surface area contributed by atoms with Crippen LogP contribution in [-0.2, 0) is 0 Å². The molecule has 10 rings (SSSR count). The maximum atomic E-state index is 3.62. The monoisotopic (exact) mass is 711 g/mol. The summed E-state index contributed by atoms with van der Waals surface area (Å²) in [5.74, 6) is 11.9. The van der Waals surface area contributed by atoms with Crippen molar-refractivity contribution in [3.05, 3.63) is 142 Å². The highest BCUT2D eigenvalue weighted by Crippen LogP contribution is 2.69. The molecule has 0 amide bonds. The van der Waals surface area contributed by atoms with E-state index >= 15 is 0 Å². The minimum atomic E-state index is 0.0611. The first kappa shape index (κ1) is 34.7. The Morgan fingerprint density at radius 2 is 1.50 bits per heavy atom. The van der Waals surface area contributed by atoms with Crippen LogP contribution in [0.3, 0.4) is 0 Å². The van der Waals surface area contributed by atoms with Crippen LogP contribution in [0.5, 0.6) is 0 Å². The Hall–Kier alpha value is -3.76. The first-order chi connectivity index (χ1) is 26.4. The summed E-state index contributed by atoms with van der Waals surface area (Å²) in [6.45, 7) is 9.92. The molecule has 10 atom stereocenters. The number of hydrogen-bond donors (Lipinski definition) is 0. The maximum absolute atomic E-state index is 3.62. The second kappa shape index (κ2) is 13.5. The van der Waals surface area contributed by atoms with Crippen molar-refractivity contribution in [2.75, 3.05) is 0 Å². The van der Waals surface area contributed by atoms with E-state index in [4.69, 9.17) is 0 Å². The van der Waals surface area contributed by atoms with Gasteiger partial charge in [0.1, 0.15) is 0 Å². The molecule has 0 aromatic rings. The molecule has 0 aromatic heterocycles. The Morgan fingerprint density at radius 1 is 0.759 bits per heavy atom. The molecule has 9 unspecified atom stereocenters. The molecule has 10 aliphatic rings. The van der Waals surface area contributed by atoms with Gasteiger partial charge in [0.25, 0.3) is 0 Å². The van der Waals surface area contributed by atoms with Crippen LogP contribution in [0.2, 0.25) is 0 Å². The number of rotatable bonds is 6. The second-order valence-corrected chi connectivity index (χ2v) is 19.2. The van der Waals surface area contributed by atoms with E-state index < -0.39 is 0 Å². The van der Waals surface area contributed by atoms with Crippen LogP contribution >= 0.6 is 0 Å². The van der Waals surface area contributed by atoms with E-state index in [1.807, 2.05) is 0 Å². The van der Waals surface area contributed by atoms with Gasteiger partial charge in [0.15, 0.2) is 0 Å². The summed E-state index contributed by atoms with van der Waals surface area (Å²) in [5, 5.41) is 0. The summed E-state index contributed by atoms with van der Waals surface area (Å²) in [7, 11) is 0. The largest absolute Gasteiger partial charge is 0.365 e. The smallest absolute Gasteiger partial charge is 0.0514 e. The van der Waals surface area contributed by atoms with Crippen molar-refractivity contribution in [3.63, 3.8) is 0 Å². The predicted octanol–water partition coefficient (Wildman–Crippen LogP) is 12.7. The fraction of sp³-hybridized carbons (Fsp3) is 0.509. The molecule has 0 radical (unpaired) electrons. The zero-order valence-electron chi connectivity index (χ0n) is 33.3. The highest BCUT2D eigenvalue weighted by molar-refractivity contribution is 5.70. The zero-order chi connectivity index (χ0) is 36.6. The molecule has 1 heteroatoms. The first-order valence-electron chi connectivity index (χ1n) is 21.9. The standard InChI is InChI=1S/C53H61N/c1-35-21-24-37(25-22-35)38-26-29-40(30-27-38)54(42-31-32-46-43-15-7-10-18-47(43)52(3,4)51(46)34-42)41-28-23-36(2)50(33-41)53(39-13-5-6-14-39)48-19-11-8-16-44(48)45-17-9-12-20-49(45)53/h5-6,8-9,11-14,16-17,19-21,26,29,32,34,36-37,39,41-42,44-45,48-50H,10,18,22-25,27-28,30-31,33H2,1-4H3/t36?,37?,41?,42?,44-,45?,48?,49?,50?,53?/m0/s1. The molecule has 0 heterocycles. The van der Waals surface area contributed by atoms with E-state index in [2.05, 4.69) is 148 Å². The maximum Gasteiger partial charge on any atom is 0.0514 e. The molecule has 2 saturated carbocycles. The molecule has 10 aliphatic carbocycles. The lowest BCUT2D eigenvalue weighted by atomic mass is 9.50. The summed E-state index contributed by atoms with van der Waals surface area (Å²) in [5.41, 5.74) is 11.1. The highest BCUT2D eigenvalue weighted by Gasteiger charge is 2.64. The van der Waals surface area contributed by atoms with Gasteiger partial charge in [-0.05, 0) is 141 Å². The topological polar surface area (TPSA) is 3.24 Å². The molecule has 0 spiro atoms. The van der Waals surface area contributed by atoms with Crippen LogP contribution < -0.4 is 0 Å².